The van der Waals surface area contributed by atoms with Crippen LogP contribution in [0.5, 0.6) is 5.75 Å². The van der Waals surface area contributed by atoms with Gasteiger partial charge in [-0.25, -0.2) is 9.87 Å². The van der Waals surface area contributed by atoms with Gasteiger partial charge in [0.2, 0.25) is 5.96 Å². The number of benzene rings is 1. The van der Waals surface area contributed by atoms with Crippen molar-refractivity contribution in [2.24, 2.45) is 5.41 Å². The fourth-order valence-electron chi connectivity index (χ4n) is 6.47. The van der Waals surface area contributed by atoms with E-state index in [4.69, 9.17) is 24.8 Å². The SMILES string of the molecule is N=C(NO)N1CC2(C[C@H](N3CCC(c4cc(F)ccc4OC4CC5(COC5)C4)CC3)CO2)C1. The average Bonchev–Trinajstić information content (AvgIpc) is 3.20. The third-order valence-corrected chi connectivity index (χ3v) is 8.46. The van der Waals surface area contributed by atoms with Crippen LogP contribution in [0.2, 0.25) is 0 Å². The van der Waals surface area contributed by atoms with Crippen molar-refractivity contribution in [1.82, 2.24) is 15.3 Å². The molecule has 1 aromatic rings. The van der Waals surface area contributed by atoms with E-state index >= 15 is 0 Å². The first-order valence-corrected chi connectivity index (χ1v) is 12.1. The number of nitrogens with zero attached hydrogens (tertiary/aromatic N) is 2. The van der Waals surface area contributed by atoms with E-state index in [-0.39, 0.29) is 23.5 Å². The summed E-state index contributed by atoms with van der Waals surface area (Å²) in [4.78, 5) is 4.29. The quantitative estimate of drug-likeness (QED) is 0.361. The molecule has 5 fully saturated rings. The topological polar surface area (TPSA) is 90.3 Å². The molecule has 0 unspecified atom stereocenters. The molecule has 2 spiro atoms. The van der Waals surface area contributed by atoms with Crippen LogP contribution >= 0.6 is 0 Å². The molecule has 4 heterocycles. The van der Waals surface area contributed by atoms with Crippen LogP contribution in [0.25, 0.3) is 0 Å². The summed E-state index contributed by atoms with van der Waals surface area (Å²) in [6.07, 6.45) is 5.21. The number of guanidine groups is 1. The molecular weight excluding hydrogens is 427 g/mol. The van der Waals surface area contributed by atoms with Crippen LogP contribution in [-0.2, 0) is 9.47 Å². The highest BCUT2D eigenvalue weighted by atomic mass is 19.1. The standard InChI is InChI=1S/C24H33FN4O4/c25-17-1-2-21(33-19-9-23(10-19)14-31-15-23)20(7-17)16-3-5-28(6-4-16)18-8-24(32-11-18)12-29(13-24)22(26)27-30/h1-2,7,16,18-19,30H,3-6,8-15H2,(H2,26,27)/t18-/m0/s1. The smallest absolute Gasteiger partial charge is 0.215 e. The molecule has 180 valence electrons. The van der Waals surface area contributed by atoms with Gasteiger partial charge in [0.05, 0.1) is 32.9 Å². The Labute approximate surface area is 193 Å². The van der Waals surface area contributed by atoms with E-state index in [1.54, 1.807) is 11.0 Å². The van der Waals surface area contributed by atoms with Crippen LogP contribution < -0.4 is 10.2 Å². The number of hydrogen-bond donors (Lipinski definition) is 3. The van der Waals surface area contributed by atoms with Gasteiger partial charge in [-0.15, -0.1) is 0 Å². The molecule has 1 saturated carbocycles. The number of nitrogens with one attached hydrogen (secondary N) is 2. The van der Waals surface area contributed by atoms with E-state index in [0.717, 1.165) is 69.7 Å². The zero-order chi connectivity index (χ0) is 22.6. The lowest BCUT2D eigenvalue weighted by atomic mass is 9.65. The van der Waals surface area contributed by atoms with Crippen LogP contribution in [0.4, 0.5) is 4.39 Å². The molecular formula is C24H33FN4O4. The van der Waals surface area contributed by atoms with Crippen molar-refractivity contribution in [3.8, 4) is 5.75 Å². The number of hydroxylamine groups is 1. The highest BCUT2D eigenvalue weighted by molar-refractivity contribution is 5.76. The molecule has 8 nitrogen and oxygen atoms in total. The molecule has 1 atom stereocenters. The van der Waals surface area contributed by atoms with Gasteiger partial charge in [0.15, 0.2) is 0 Å². The Morgan fingerprint density at radius 2 is 1.94 bits per heavy atom. The second-order valence-electron chi connectivity index (χ2n) is 10.8. The van der Waals surface area contributed by atoms with Crippen molar-refractivity contribution >= 4 is 5.96 Å². The van der Waals surface area contributed by atoms with Crippen LogP contribution in [0.3, 0.4) is 0 Å². The molecule has 33 heavy (non-hydrogen) atoms. The van der Waals surface area contributed by atoms with Crippen molar-refractivity contribution in [3.63, 3.8) is 0 Å². The fourth-order valence-corrected chi connectivity index (χ4v) is 6.47. The Hall–Kier alpha value is -1.94. The van der Waals surface area contributed by atoms with Gasteiger partial charge in [-0.1, -0.05) is 0 Å². The number of piperidine rings is 1. The van der Waals surface area contributed by atoms with E-state index < -0.39 is 0 Å². The van der Waals surface area contributed by atoms with Crippen molar-refractivity contribution in [1.29, 1.82) is 5.41 Å². The van der Waals surface area contributed by atoms with Crippen molar-refractivity contribution in [3.05, 3.63) is 29.6 Å². The molecule has 1 aliphatic carbocycles. The average molecular weight is 461 g/mol. The highest BCUT2D eigenvalue weighted by Crippen LogP contribution is 2.49. The van der Waals surface area contributed by atoms with Gasteiger partial charge in [-0.2, -0.15) is 0 Å². The van der Waals surface area contributed by atoms with Crippen molar-refractivity contribution in [2.45, 2.75) is 55.8 Å². The maximum absolute atomic E-state index is 14.2. The maximum atomic E-state index is 14.2. The largest absolute Gasteiger partial charge is 0.490 e. The predicted molar refractivity (Wildman–Crippen MR) is 118 cm³/mol. The fraction of sp³-hybridized carbons (Fsp3) is 0.708. The zero-order valence-corrected chi connectivity index (χ0v) is 18.9. The van der Waals surface area contributed by atoms with E-state index in [1.165, 1.54) is 6.07 Å². The van der Waals surface area contributed by atoms with Gasteiger partial charge in [-0.3, -0.25) is 15.5 Å². The van der Waals surface area contributed by atoms with E-state index in [9.17, 15) is 4.39 Å². The summed E-state index contributed by atoms with van der Waals surface area (Å²) in [6, 6.07) is 5.38. The minimum absolute atomic E-state index is 0.0275. The summed E-state index contributed by atoms with van der Waals surface area (Å²) < 4.78 is 32.0. The monoisotopic (exact) mass is 460 g/mol. The molecule has 6 rings (SSSR count). The number of hydrogen-bond acceptors (Lipinski definition) is 6. The van der Waals surface area contributed by atoms with E-state index in [1.807, 2.05) is 11.5 Å². The van der Waals surface area contributed by atoms with Gasteiger partial charge in [0.1, 0.15) is 23.3 Å². The first kappa shape index (κ1) is 21.6. The second kappa shape index (κ2) is 8.08. The molecule has 0 aromatic heterocycles. The second-order valence-corrected chi connectivity index (χ2v) is 10.8. The molecule has 0 radical (unpaired) electrons. The van der Waals surface area contributed by atoms with Crippen LogP contribution in [-0.4, -0.2) is 84.7 Å². The van der Waals surface area contributed by atoms with E-state index in [2.05, 4.69) is 4.90 Å². The van der Waals surface area contributed by atoms with Crippen LogP contribution in [0.15, 0.2) is 18.2 Å². The molecule has 9 heteroatoms. The summed E-state index contributed by atoms with van der Waals surface area (Å²) in [6.45, 7) is 5.63. The zero-order valence-electron chi connectivity index (χ0n) is 18.9. The Morgan fingerprint density at radius 1 is 1.18 bits per heavy atom. The summed E-state index contributed by atoms with van der Waals surface area (Å²) >= 11 is 0. The first-order chi connectivity index (χ1) is 16.0. The summed E-state index contributed by atoms with van der Waals surface area (Å²) in [5.41, 5.74) is 3.08. The number of halogens is 1. The molecule has 4 aliphatic heterocycles. The minimum Gasteiger partial charge on any atom is -0.490 e. The third-order valence-electron chi connectivity index (χ3n) is 8.46. The Morgan fingerprint density at radius 3 is 2.61 bits per heavy atom. The molecule has 0 amide bonds. The van der Waals surface area contributed by atoms with Gasteiger partial charge in [0, 0.05) is 17.0 Å². The first-order valence-electron chi connectivity index (χ1n) is 12.1. The lowest BCUT2D eigenvalue weighted by molar-refractivity contribution is -0.191. The molecule has 4 saturated heterocycles. The van der Waals surface area contributed by atoms with Gasteiger partial charge in [-0.05, 0) is 69.3 Å². The Bertz CT molecular complexity index is 904. The molecule has 0 bridgehead atoms. The third kappa shape index (κ3) is 3.88. The summed E-state index contributed by atoms with van der Waals surface area (Å²) in [5.74, 6) is 0.993. The lowest BCUT2D eigenvalue weighted by Crippen LogP contribution is -2.65. The maximum Gasteiger partial charge on any atom is 0.215 e. The predicted octanol–water partition coefficient (Wildman–Crippen LogP) is 2.32. The molecule has 1 aromatic carbocycles. The van der Waals surface area contributed by atoms with E-state index in [0.29, 0.717) is 37.1 Å². The van der Waals surface area contributed by atoms with Gasteiger partial charge >= 0.3 is 0 Å². The summed E-state index contributed by atoms with van der Waals surface area (Å²) in [5, 5.41) is 16.6. The highest BCUT2D eigenvalue weighted by Gasteiger charge is 2.52. The van der Waals surface area contributed by atoms with Crippen LogP contribution in [0, 0.1) is 16.6 Å². The lowest BCUT2D eigenvalue weighted by Gasteiger charge is -2.52. The normalized spacial score (nSPS) is 28.9. The Kier molecular flexibility index (Phi) is 5.28. The van der Waals surface area contributed by atoms with Crippen molar-refractivity contribution < 1.29 is 23.8 Å². The summed E-state index contributed by atoms with van der Waals surface area (Å²) in [7, 11) is 0. The van der Waals surface area contributed by atoms with Gasteiger partial charge < -0.3 is 19.1 Å². The van der Waals surface area contributed by atoms with Crippen molar-refractivity contribution in [2.75, 3.05) is 46.0 Å². The van der Waals surface area contributed by atoms with Gasteiger partial charge in [0.25, 0.3) is 0 Å². The number of likely N-dealkylation sites (tertiary alicyclic amines) is 2. The molecule has 3 N–H and O–H groups in total. The number of ether oxygens (including phenoxy) is 3. The van der Waals surface area contributed by atoms with Crippen LogP contribution in [0.1, 0.15) is 43.6 Å². The number of rotatable bonds is 4. The minimum atomic E-state index is -0.195. The molecule has 5 aliphatic rings. The Balaban J connectivity index is 1.04.